The summed E-state index contributed by atoms with van der Waals surface area (Å²) in [6.45, 7) is 1.03. The molecule has 1 unspecified atom stereocenters. The Labute approximate surface area is 115 Å². The first-order valence-electron chi connectivity index (χ1n) is 7.49. The van der Waals surface area contributed by atoms with Crippen molar-refractivity contribution in [2.75, 3.05) is 7.05 Å². The van der Waals surface area contributed by atoms with E-state index in [1.54, 1.807) is 0 Å². The first-order valence-corrected chi connectivity index (χ1v) is 7.49. The van der Waals surface area contributed by atoms with Gasteiger partial charge in [0.15, 0.2) is 0 Å². The quantitative estimate of drug-likeness (QED) is 0.842. The molecule has 0 spiro atoms. The fourth-order valence-electron chi connectivity index (χ4n) is 3.43. The molecule has 0 aliphatic heterocycles. The van der Waals surface area contributed by atoms with Crippen molar-refractivity contribution in [3.63, 3.8) is 0 Å². The molecule has 3 rings (SSSR count). The Morgan fingerprint density at radius 3 is 2.95 bits per heavy atom. The third kappa shape index (κ3) is 2.55. The summed E-state index contributed by atoms with van der Waals surface area (Å²) < 4.78 is 2.35. The lowest BCUT2D eigenvalue weighted by atomic mass is 10.0. The minimum atomic E-state index is 0.293. The van der Waals surface area contributed by atoms with E-state index >= 15 is 0 Å². The lowest BCUT2D eigenvalue weighted by Crippen LogP contribution is -2.16. The van der Waals surface area contributed by atoms with Crippen molar-refractivity contribution < 1.29 is 0 Å². The van der Waals surface area contributed by atoms with Gasteiger partial charge in [-0.25, -0.2) is 0 Å². The van der Waals surface area contributed by atoms with Gasteiger partial charge in [-0.3, -0.25) is 0 Å². The molecule has 1 aromatic rings. The van der Waals surface area contributed by atoms with Crippen LogP contribution in [0, 0.1) is 16.7 Å². The Bertz CT molecular complexity index is 491. The second-order valence-electron chi connectivity index (χ2n) is 6.33. The van der Waals surface area contributed by atoms with Crippen LogP contribution in [0.3, 0.4) is 0 Å². The third-order valence-electron chi connectivity index (χ3n) is 4.84. The average molecular weight is 257 g/mol. The molecule has 2 aliphatic rings. The highest BCUT2D eigenvalue weighted by atomic mass is 15.0. The molecule has 3 heteroatoms. The van der Waals surface area contributed by atoms with E-state index in [2.05, 4.69) is 35.4 Å². The standard InChI is InChI=1S/C16H23N3/c1-18-15-5-3-2-4-13-10-19(11-14(13)15)12-16(6-7-16)8-9-17/h10-11,15,18H,2-8,12H2,1H3. The Morgan fingerprint density at radius 2 is 2.26 bits per heavy atom. The van der Waals surface area contributed by atoms with Gasteiger partial charge in [0.05, 0.1) is 6.07 Å². The van der Waals surface area contributed by atoms with Gasteiger partial charge in [-0.15, -0.1) is 0 Å². The molecule has 1 saturated carbocycles. The SMILES string of the molecule is CNC1CCCCc2cn(CC3(CC#N)CC3)cc21. The van der Waals surface area contributed by atoms with Crippen molar-refractivity contribution in [2.45, 2.75) is 57.5 Å². The van der Waals surface area contributed by atoms with Crippen LogP contribution in [-0.2, 0) is 13.0 Å². The van der Waals surface area contributed by atoms with E-state index < -0.39 is 0 Å². The molecule has 1 aromatic heterocycles. The van der Waals surface area contributed by atoms with E-state index in [1.807, 2.05) is 0 Å². The molecule has 3 nitrogen and oxygen atoms in total. The zero-order valence-corrected chi connectivity index (χ0v) is 11.8. The molecular weight excluding hydrogens is 234 g/mol. The maximum Gasteiger partial charge on any atom is 0.0628 e. The largest absolute Gasteiger partial charge is 0.353 e. The third-order valence-corrected chi connectivity index (χ3v) is 4.84. The van der Waals surface area contributed by atoms with Gasteiger partial charge in [0.2, 0.25) is 0 Å². The molecule has 102 valence electrons. The maximum atomic E-state index is 8.93. The van der Waals surface area contributed by atoms with Crippen molar-refractivity contribution >= 4 is 0 Å². The number of nitriles is 1. The Kier molecular flexibility index (Phi) is 3.36. The molecule has 1 fully saturated rings. The maximum absolute atomic E-state index is 8.93. The summed E-state index contributed by atoms with van der Waals surface area (Å²) in [5.41, 5.74) is 3.30. The van der Waals surface area contributed by atoms with Gasteiger partial charge in [0, 0.05) is 36.8 Å². The van der Waals surface area contributed by atoms with Crippen LogP contribution in [-0.4, -0.2) is 11.6 Å². The highest BCUT2D eigenvalue weighted by molar-refractivity contribution is 5.29. The molecule has 1 N–H and O–H groups in total. The molecule has 1 heterocycles. The van der Waals surface area contributed by atoms with Crippen LogP contribution in [0.25, 0.3) is 0 Å². The lowest BCUT2D eigenvalue weighted by molar-refractivity contribution is 0.430. The predicted octanol–water partition coefficient (Wildman–Crippen LogP) is 3.17. The summed E-state index contributed by atoms with van der Waals surface area (Å²) in [5.74, 6) is 0. The van der Waals surface area contributed by atoms with Gasteiger partial charge in [-0.2, -0.15) is 5.26 Å². The highest BCUT2D eigenvalue weighted by Crippen LogP contribution is 2.50. The van der Waals surface area contributed by atoms with Crippen LogP contribution in [0.15, 0.2) is 12.4 Å². The number of aromatic nitrogens is 1. The number of aryl methyl sites for hydroxylation is 1. The van der Waals surface area contributed by atoms with Crippen molar-refractivity contribution in [1.82, 2.24) is 9.88 Å². The molecule has 1 atom stereocenters. The van der Waals surface area contributed by atoms with Crippen LogP contribution in [0.5, 0.6) is 0 Å². The van der Waals surface area contributed by atoms with Gasteiger partial charge < -0.3 is 9.88 Å². The smallest absolute Gasteiger partial charge is 0.0628 e. The monoisotopic (exact) mass is 257 g/mol. The van der Waals surface area contributed by atoms with E-state index in [0.29, 0.717) is 17.9 Å². The lowest BCUT2D eigenvalue weighted by Gasteiger charge is -2.14. The molecule has 0 bridgehead atoms. The van der Waals surface area contributed by atoms with Gasteiger partial charge in [-0.1, -0.05) is 6.42 Å². The van der Waals surface area contributed by atoms with E-state index in [0.717, 1.165) is 6.54 Å². The summed E-state index contributed by atoms with van der Waals surface area (Å²) in [4.78, 5) is 0. The van der Waals surface area contributed by atoms with E-state index in [9.17, 15) is 0 Å². The number of nitrogens with zero attached hydrogens (tertiary/aromatic N) is 2. The number of hydrogen-bond acceptors (Lipinski definition) is 2. The van der Waals surface area contributed by atoms with Crippen LogP contribution in [0.1, 0.15) is 55.7 Å². The normalized spacial score (nSPS) is 24.3. The zero-order chi connectivity index (χ0) is 13.3. The molecular formula is C16H23N3. The highest BCUT2D eigenvalue weighted by Gasteiger charge is 2.42. The second kappa shape index (κ2) is 5.02. The first kappa shape index (κ1) is 12.7. The van der Waals surface area contributed by atoms with E-state index in [-0.39, 0.29) is 0 Å². The minimum absolute atomic E-state index is 0.293. The predicted molar refractivity (Wildman–Crippen MR) is 75.7 cm³/mol. The topological polar surface area (TPSA) is 40.8 Å². The summed E-state index contributed by atoms with van der Waals surface area (Å²) in [5, 5.41) is 12.4. The van der Waals surface area contributed by atoms with Gasteiger partial charge in [-0.05, 0) is 50.3 Å². The zero-order valence-electron chi connectivity index (χ0n) is 11.8. The average Bonchev–Trinajstić information content (AvgIpc) is 3.08. The molecule has 0 amide bonds. The molecule has 2 aliphatic carbocycles. The fraction of sp³-hybridized carbons (Fsp3) is 0.688. The van der Waals surface area contributed by atoms with E-state index in [4.69, 9.17) is 5.26 Å². The van der Waals surface area contributed by atoms with Gasteiger partial charge in [0.25, 0.3) is 0 Å². The van der Waals surface area contributed by atoms with Gasteiger partial charge in [0.1, 0.15) is 0 Å². The van der Waals surface area contributed by atoms with Gasteiger partial charge >= 0.3 is 0 Å². The number of fused-ring (bicyclic) bond motifs is 1. The Balaban J connectivity index is 1.80. The first-order chi connectivity index (χ1) is 9.26. The fourth-order valence-corrected chi connectivity index (χ4v) is 3.43. The number of nitrogens with one attached hydrogen (secondary N) is 1. The van der Waals surface area contributed by atoms with Crippen molar-refractivity contribution in [3.8, 4) is 6.07 Å². The van der Waals surface area contributed by atoms with Crippen LogP contribution < -0.4 is 5.32 Å². The molecule has 0 aromatic carbocycles. The number of hydrogen-bond donors (Lipinski definition) is 1. The summed E-state index contributed by atoms with van der Waals surface area (Å²) in [7, 11) is 2.06. The van der Waals surface area contributed by atoms with E-state index in [1.165, 1.54) is 49.7 Å². The number of rotatable bonds is 4. The second-order valence-corrected chi connectivity index (χ2v) is 6.33. The molecule has 0 saturated heterocycles. The van der Waals surface area contributed by atoms with Crippen LogP contribution >= 0.6 is 0 Å². The van der Waals surface area contributed by atoms with Crippen LogP contribution in [0.4, 0.5) is 0 Å². The summed E-state index contributed by atoms with van der Waals surface area (Å²) in [6, 6.07) is 2.88. The molecule has 0 radical (unpaired) electrons. The Morgan fingerprint density at radius 1 is 1.42 bits per heavy atom. The molecule has 19 heavy (non-hydrogen) atoms. The van der Waals surface area contributed by atoms with Crippen molar-refractivity contribution in [1.29, 1.82) is 5.26 Å². The summed E-state index contributed by atoms with van der Waals surface area (Å²) in [6.07, 6.45) is 12.9. The van der Waals surface area contributed by atoms with Crippen LogP contribution in [0.2, 0.25) is 0 Å². The summed E-state index contributed by atoms with van der Waals surface area (Å²) >= 11 is 0. The minimum Gasteiger partial charge on any atom is -0.353 e. The van der Waals surface area contributed by atoms with Crippen molar-refractivity contribution in [2.24, 2.45) is 5.41 Å². The Hall–Kier alpha value is -1.27. The van der Waals surface area contributed by atoms with Crippen molar-refractivity contribution in [3.05, 3.63) is 23.5 Å².